The van der Waals surface area contributed by atoms with Gasteiger partial charge in [0, 0.05) is 17.0 Å². The molecule has 24 heavy (non-hydrogen) atoms. The van der Waals surface area contributed by atoms with Crippen LogP contribution in [0.3, 0.4) is 0 Å². The number of carboxylic acid groups (broad SMARTS) is 1. The van der Waals surface area contributed by atoms with Gasteiger partial charge in [-0.15, -0.1) is 0 Å². The molecule has 0 radical (unpaired) electrons. The maximum absolute atomic E-state index is 11.6. The molecule has 128 valence electrons. The number of ether oxygens (including phenoxy) is 3. The smallest absolute Gasteiger partial charge is 0.345 e. The Hall–Kier alpha value is -2.40. The van der Waals surface area contributed by atoms with Crippen molar-refractivity contribution in [2.75, 3.05) is 14.2 Å². The average Bonchev–Trinajstić information content (AvgIpc) is 2.57. The van der Waals surface area contributed by atoms with Crippen LogP contribution < -0.4 is 14.2 Å². The van der Waals surface area contributed by atoms with Crippen molar-refractivity contribution in [1.29, 1.82) is 0 Å². The summed E-state index contributed by atoms with van der Waals surface area (Å²) in [5.74, 6) is 0.592. The number of carboxylic acids is 1. The average molecular weight is 351 g/mol. The van der Waals surface area contributed by atoms with Crippen LogP contribution in [0.15, 0.2) is 36.4 Å². The van der Waals surface area contributed by atoms with Crippen molar-refractivity contribution in [3.8, 4) is 17.2 Å². The Morgan fingerprint density at radius 2 is 1.83 bits per heavy atom. The summed E-state index contributed by atoms with van der Waals surface area (Å²) in [7, 11) is 3.08. The molecule has 1 atom stereocenters. The largest absolute Gasteiger partial charge is 0.497 e. The van der Waals surface area contributed by atoms with Gasteiger partial charge in [-0.2, -0.15) is 0 Å². The van der Waals surface area contributed by atoms with Crippen molar-refractivity contribution >= 4 is 17.6 Å². The zero-order valence-electron chi connectivity index (χ0n) is 13.7. The highest BCUT2D eigenvalue weighted by atomic mass is 35.5. The van der Waals surface area contributed by atoms with Crippen LogP contribution in [-0.2, 0) is 11.2 Å². The van der Waals surface area contributed by atoms with Crippen LogP contribution in [0.2, 0.25) is 5.02 Å². The Kier molecular flexibility index (Phi) is 5.93. The lowest BCUT2D eigenvalue weighted by Crippen LogP contribution is -2.29. The third kappa shape index (κ3) is 4.32. The quantitative estimate of drug-likeness (QED) is 0.824. The van der Waals surface area contributed by atoms with Gasteiger partial charge in [-0.25, -0.2) is 4.79 Å². The molecule has 2 rings (SSSR count). The second kappa shape index (κ2) is 7.93. The molecule has 0 aliphatic heterocycles. The van der Waals surface area contributed by atoms with E-state index in [1.807, 2.05) is 6.92 Å². The van der Waals surface area contributed by atoms with Gasteiger partial charge < -0.3 is 19.3 Å². The number of aliphatic carboxylic acids is 1. The minimum atomic E-state index is -1.06. The molecule has 0 amide bonds. The van der Waals surface area contributed by atoms with E-state index < -0.39 is 12.1 Å². The van der Waals surface area contributed by atoms with Crippen molar-refractivity contribution < 1.29 is 24.1 Å². The molecule has 0 aromatic heterocycles. The Bertz CT molecular complexity index is 729. The van der Waals surface area contributed by atoms with E-state index in [4.69, 9.17) is 25.8 Å². The second-order valence-electron chi connectivity index (χ2n) is 5.24. The van der Waals surface area contributed by atoms with E-state index in [1.165, 1.54) is 7.11 Å². The first-order valence-electron chi connectivity index (χ1n) is 7.31. The number of hydrogen-bond acceptors (Lipinski definition) is 4. The van der Waals surface area contributed by atoms with Crippen LogP contribution in [0.5, 0.6) is 17.2 Å². The van der Waals surface area contributed by atoms with Crippen molar-refractivity contribution in [3.63, 3.8) is 0 Å². The van der Waals surface area contributed by atoms with Crippen LogP contribution in [0, 0.1) is 6.92 Å². The topological polar surface area (TPSA) is 65.0 Å². The molecule has 0 bridgehead atoms. The first-order chi connectivity index (χ1) is 11.4. The monoisotopic (exact) mass is 350 g/mol. The molecule has 5 nitrogen and oxygen atoms in total. The molecule has 0 saturated carbocycles. The number of methoxy groups -OCH3 is 2. The Balaban J connectivity index is 2.25. The predicted octanol–water partition coefficient (Wildman–Crippen LogP) is 3.74. The highest BCUT2D eigenvalue weighted by molar-refractivity contribution is 6.31. The zero-order valence-corrected chi connectivity index (χ0v) is 14.5. The van der Waals surface area contributed by atoms with Gasteiger partial charge in [-0.1, -0.05) is 11.6 Å². The van der Waals surface area contributed by atoms with Crippen molar-refractivity contribution in [1.82, 2.24) is 0 Å². The summed E-state index contributed by atoms with van der Waals surface area (Å²) < 4.78 is 16.1. The fourth-order valence-corrected chi connectivity index (χ4v) is 2.39. The third-order valence-electron chi connectivity index (χ3n) is 3.58. The van der Waals surface area contributed by atoms with Crippen molar-refractivity contribution in [2.24, 2.45) is 0 Å². The summed E-state index contributed by atoms with van der Waals surface area (Å²) >= 11 is 5.98. The predicted molar refractivity (Wildman–Crippen MR) is 91.5 cm³/mol. The molecule has 0 spiro atoms. The van der Waals surface area contributed by atoms with Gasteiger partial charge in [-0.05, 0) is 48.9 Å². The summed E-state index contributed by atoms with van der Waals surface area (Å²) in [5, 5.41) is 10.1. The van der Waals surface area contributed by atoms with E-state index in [9.17, 15) is 9.90 Å². The number of aryl methyl sites for hydroxylation is 1. The summed E-state index contributed by atoms with van der Waals surface area (Å²) in [6, 6.07) is 10.3. The van der Waals surface area contributed by atoms with Gasteiger partial charge in [0.05, 0.1) is 14.2 Å². The number of rotatable bonds is 7. The molecule has 0 aliphatic carbocycles. The van der Waals surface area contributed by atoms with Crippen LogP contribution in [-0.4, -0.2) is 31.4 Å². The van der Waals surface area contributed by atoms with E-state index in [-0.39, 0.29) is 6.42 Å². The molecule has 0 heterocycles. The van der Waals surface area contributed by atoms with Gasteiger partial charge in [0.25, 0.3) is 0 Å². The van der Waals surface area contributed by atoms with Crippen molar-refractivity contribution in [2.45, 2.75) is 19.4 Å². The van der Waals surface area contributed by atoms with Crippen LogP contribution in [0.1, 0.15) is 11.1 Å². The fourth-order valence-electron chi connectivity index (χ4n) is 2.28. The molecular weight excluding hydrogens is 332 g/mol. The molecule has 0 fully saturated rings. The summed E-state index contributed by atoms with van der Waals surface area (Å²) in [5.41, 5.74) is 1.51. The number of carbonyl (C=O) groups is 1. The first kappa shape index (κ1) is 17.9. The van der Waals surface area contributed by atoms with E-state index >= 15 is 0 Å². The van der Waals surface area contributed by atoms with Gasteiger partial charge in [-0.3, -0.25) is 0 Å². The Labute approximate surface area is 145 Å². The highest BCUT2D eigenvalue weighted by Crippen LogP contribution is 2.27. The van der Waals surface area contributed by atoms with E-state index in [2.05, 4.69) is 0 Å². The van der Waals surface area contributed by atoms with E-state index in [0.29, 0.717) is 27.8 Å². The second-order valence-corrected chi connectivity index (χ2v) is 5.64. The summed E-state index contributed by atoms with van der Waals surface area (Å²) in [6.45, 7) is 1.83. The lowest BCUT2D eigenvalue weighted by Gasteiger charge is -2.18. The van der Waals surface area contributed by atoms with Crippen LogP contribution in [0.4, 0.5) is 0 Å². The van der Waals surface area contributed by atoms with E-state index in [1.54, 1.807) is 43.5 Å². The molecule has 6 heteroatoms. The first-order valence-corrected chi connectivity index (χ1v) is 7.69. The summed E-state index contributed by atoms with van der Waals surface area (Å²) in [4.78, 5) is 11.6. The Morgan fingerprint density at radius 3 is 2.42 bits per heavy atom. The third-order valence-corrected chi connectivity index (χ3v) is 4.00. The SMILES string of the molecule is COc1ccc(OC)c(C[C@@H](Oc2ccc(Cl)c(C)c2)C(=O)O)c1. The minimum absolute atomic E-state index is 0.136. The molecule has 2 aromatic carbocycles. The molecule has 0 saturated heterocycles. The van der Waals surface area contributed by atoms with Gasteiger partial charge in [0.15, 0.2) is 6.10 Å². The maximum atomic E-state index is 11.6. The Morgan fingerprint density at radius 1 is 1.12 bits per heavy atom. The van der Waals surface area contributed by atoms with Gasteiger partial charge in [0.1, 0.15) is 17.2 Å². The lowest BCUT2D eigenvalue weighted by atomic mass is 10.1. The normalized spacial score (nSPS) is 11.7. The molecular formula is C18H19ClO5. The standard InChI is InChI=1S/C18H19ClO5/c1-11-8-14(4-6-15(11)19)24-17(18(20)21)10-12-9-13(22-2)5-7-16(12)23-3/h4-9,17H,10H2,1-3H3,(H,20,21)/t17-/m1/s1. The zero-order chi connectivity index (χ0) is 17.7. The molecule has 2 aromatic rings. The number of hydrogen-bond donors (Lipinski definition) is 1. The molecule has 1 N–H and O–H groups in total. The minimum Gasteiger partial charge on any atom is -0.497 e. The van der Waals surface area contributed by atoms with Gasteiger partial charge >= 0.3 is 5.97 Å². The molecule has 0 aliphatic rings. The van der Waals surface area contributed by atoms with E-state index in [0.717, 1.165) is 5.56 Å². The lowest BCUT2D eigenvalue weighted by molar-refractivity contribution is -0.145. The summed E-state index contributed by atoms with van der Waals surface area (Å²) in [6.07, 6.45) is -0.927. The fraction of sp³-hybridized carbons (Fsp3) is 0.278. The maximum Gasteiger partial charge on any atom is 0.345 e. The number of benzene rings is 2. The number of halogens is 1. The van der Waals surface area contributed by atoms with Crippen molar-refractivity contribution in [3.05, 3.63) is 52.5 Å². The highest BCUT2D eigenvalue weighted by Gasteiger charge is 2.22. The van der Waals surface area contributed by atoms with Crippen LogP contribution in [0.25, 0.3) is 0 Å². The van der Waals surface area contributed by atoms with Gasteiger partial charge in [0.2, 0.25) is 0 Å². The van der Waals surface area contributed by atoms with Crippen LogP contribution >= 0.6 is 11.6 Å². The molecule has 0 unspecified atom stereocenters.